The molecule has 0 bridgehead atoms. The fourth-order valence-corrected chi connectivity index (χ4v) is 3.03. The van der Waals surface area contributed by atoms with E-state index >= 15 is 0 Å². The van der Waals surface area contributed by atoms with Crippen LogP contribution in [0.3, 0.4) is 0 Å². The molecule has 3 rings (SSSR count). The van der Waals surface area contributed by atoms with Crippen LogP contribution < -0.4 is 10.2 Å². The maximum absolute atomic E-state index is 12.1. The van der Waals surface area contributed by atoms with Gasteiger partial charge in [-0.1, -0.05) is 0 Å². The zero-order chi connectivity index (χ0) is 17.1. The van der Waals surface area contributed by atoms with Gasteiger partial charge in [-0.25, -0.2) is 4.98 Å². The summed E-state index contributed by atoms with van der Waals surface area (Å²) in [6.45, 7) is 5.08. The van der Waals surface area contributed by atoms with Crippen LogP contribution in [-0.4, -0.2) is 59.4 Å². The first-order valence-electron chi connectivity index (χ1n) is 8.42. The van der Waals surface area contributed by atoms with Crippen molar-refractivity contribution >= 4 is 35.1 Å². The summed E-state index contributed by atoms with van der Waals surface area (Å²) in [5.74, 6) is 1.17. The average molecular weight is 348 g/mol. The predicted molar refractivity (Wildman–Crippen MR) is 97.4 cm³/mol. The van der Waals surface area contributed by atoms with Gasteiger partial charge < -0.3 is 15.1 Å². The number of amides is 2. The largest absolute Gasteiger partial charge is 0.367 e. The Morgan fingerprint density at radius 2 is 1.96 bits per heavy atom. The van der Waals surface area contributed by atoms with Crippen molar-refractivity contribution in [1.29, 1.82) is 0 Å². The van der Waals surface area contributed by atoms with Crippen molar-refractivity contribution < 1.29 is 9.59 Å². The Hall–Kier alpha value is -1.76. The van der Waals surface area contributed by atoms with Crippen LogP contribution in [0.5, 0.6) is 0 Å². The Morgan fingerprint density at radius 1 is 1.25 bits per heavy atom. The topological polar surface area (TPSA) is 65.5 Å². The molecule has 0 unspecified atom stereocenters. The molecular weight excluding hydrogens is 324 g/mol. The molecule has 1 N–H and O–H groups in total. The van der Waals surface area contributed by atoms with Crippen LogP contribution in [0, 0.1) is 5.92 Å². The highest BCUT2D eigenvalue weighted by molar-refractivity contribution is 7.99. The third-order valence-electron chi connectivity index (χ3n) is 4.61. The summed E-state index contributed by atoms with van der Waals surface area (Å²) in [6.07, 6.45) is 5.82. The summed E-state index contributed by atoms with van der Waals surface area (Å²) >= 11 is 1.51. The van der Waals surface area contributed by atoms with Crippen LogP contribution in [0.15, 0.2) is 18.3 Å². The number of nitrogens with one attached hydrogen (secondary N) is 1. The molecule has 2 heterocycles. The number of pyridine rings is 1. The lowest BCUT2D eigenvalue weighted by Gasteiger charge is -2.36. The van der Waals surface area contributed by atoms with E-state index in [2.05, 4.69) is 15.2 Å². The molecule has 1 aromatic rings. The third-order valence-corrected chi connectivity index (χ3v) is 5.53. The minimum Gasteiger partial charge on any atom is -0.367 e. The van der Waals surface area contributed by atoms with Gasteiger partial charge in [-0.05, 0) is 38.2 Å². The van der Waals surface area contributed by atoms with Crippen LogP contribution in [0.1, 0.15) is 19.8 Å². The predicted octanol–water partition coefficient (Wildman–Crippen LogP) is 1.83. The molecule has 2 aliphatic rings. The molecule has 0 radical (unpaired) electrons. The van der Waals surface area contributed by atoms with Gasteiger partial charge in [0, 0.05) is 32.1 Å². The van der Waals surface area contributed by atoms with E-state index in [0.29, 0.717) is 17.6 Å². The van der Waals surface area contributed by atoms with Crippen molar-refractivity contribution in [1.82, 2.24) is 9.88 Å². The van der Waals surface area contributed by atoms with E-state index in [1.165, 1.54) is 11.8 Å². The smallest absolute Gasteiger partial charge is 0.238 e. The maximum Gasteiger partial charge on any atom is 0.238 e. The molecule has 7 heteroatoms. The molecule has 24 heavy (non-hydrogen) atoms. The van der Waals surface area contributed by atoms with E-state index in [9.17, 15) is 9.59 Å². The quantitative estimate of drug-likeness (QED) is 0.879. The van der Waals surface area contributed by atoms with Gasteiger partial charge in [-0.15, -0.1) is 0 Å². The lowest BCUT2D eigenvalue weighted by molar-refractivity contribution is -0.132. The lowest BCUT2D eigenvalue weighted by Crippen LogP contribution is -2.49. The van der Waals surface area contributed by atoms with Gasteiger partial charge in [0.1, 0.15) is 5.82 Å². The fourth-order valence-electron chi connectivity index (χ4n) is 2.76. The Morgan fingerprint density at radius 3 is 2.50 bits per heavy atom. The number of hydrogen-bond donors (Lipinski definition) is 1. The molecule has 1 saturated heterocycles. The normalized spacial score (nSPS) is 19.1. The molecule has 1 aliphatic carbocycles. The Bertz CT molecular complexity index is 595. The molecule has 2 fully saturated rings. The summed E-state index contributed by atoms with van der Waals surface area (Å²) in [6, 6.07) is 3.81. The molecule has 1 atom stereocenters. The number of carbonyl (C=O) groups excluding carboxylic acids is 2. The average Bonchev–Trinajstić information content (AvgIpc) is 3.46. The summed E-state index contributed by atoms with van der Waals surface area (Å²) in [5, 5.41) is 2.73. The Kier molecular flexibility index (Phi) is 5.28. The Labute approximate surface area is 147 Å². The van der Waals surface area contributed by atoms with Gasteiger partial charge >= 0.3 is 0 Å². The van der Waals surface area contributed by atoms with E-state index < -0.39 is 0 Å². The molecule has 1 saturated carbocycles. The highest BCUT2D eigenvalue weighted by Crippen LogP contribution is 2.31. The summed E-state index contributed by atoms with van der Waals surface area (Å²) < 4.78 is 0. The second-order valence-corrected chi connectivity index (χ2v) is 7.53. The summed E-state index contributed by atoms with van der Waals surface area (Å²) in [7, 11) is 0. The van der Waals surface area contributed by atoms with Gasteiger partial charge in [0.2, 0.25) is 11.8 Å². The second kappa shape index (κ2) is 7.42. The zero-order valence-corrected chi connectivity index (χ0v) is 15.0. The van der Waals surface area contributed by atoms with Gasteiger partial charge in [-0.3, -0.25) is 9.59 Å². The summed E-state index contributed by atoms with van der Waals surface area (Å²) in [5.41, 5.74) is 1.03. The number of nitrogens with zero attached hydrogens (tertiary/aromatic N) is 3. The molecule has 1 aromatic heterocycles. The van der Waals surface area contributed by atoms with E-state index in [-0.39, 0.29) is 11.2 Å². The van der Waals surface area contributed by atoms with Crippen LogP contribution in [0.4, 0.5) is 11.5 Å². The molecule has 2 amide bonds. The third kappa shape index (κ3) is 4.01. The number of anilines is 2. The Balaban J connectivity index is 1.52. The molecular formula is C17H24N4O2S. The van der Waals surface area contributed by atoms with Crippen molar-refractivity contribution in [2.45, 2.75) is 25.0 Å². The number of rotatable bonds is 5. The van der Waals surface area contributed by atoms with E-state index in [4.69, 9.17) is 0 Å². The van der Waals surface area contributed by atoms with Gasteiger partial charge in [0.25, 0.3) is 0 Å². The van der Waals surface area contributed by atoms with Crippen molar-refractivity contribution in [3.05, 3.63) is 18.3 Å². The van der Waals surface area contributed by atoms with E-state index in [0.717, 1.165) is 44.7 Å². The number of hydrogen-bond acceptors (Lipinski definition) is 5. The molecule has 0 aromatic carbocycles. The first-order valence-corrected chi connectivity index (χ1v) is 9.70. The fraction of sp³-hybridized carbons (Fsp3) is 0.588. The number of carbonyl (C=O) groups is 2. The van der Waals surface area contributed by atoms with E-state index in [1.54, 1.807) is 6.20 Å². The minimum absolute atomic E-state index is 0.0325. The van der Waals surface area contributed by atoms with Gasteiger partial charge in [-0.2, -0.15) is 11.8 Å². The molecule has 0 spiro atoms. The highest BCUT2D eigenvalue weighted by atomic mass is 32.2. The maximum atomic E-state index is 12.1. The minimum atomic E-state index is -0.0939. The monoisotopic (exact) mass is 348 g/mol. The number of piperazine rings is 1. The zero-order valence-electron chi connectivity index (χ0n) is 14.2. The van der Waals surface area contributed by atoms with Crippen LogP contribution in [-0.2, 0) is 9.59 Å². The van der Waals surface area contributed by atoms with Crippen molar-refractivity contribution in [2.75, 3.05) is 42.7 Å². The first kappa shape index (κ1) is 17.1. The first-order chi connectivity index (χ1) is 11.6. The van der Waals surface area contributed by atoms with Crippen molar-refractivity contribution in [3.63, 3.8) is 0 Å². The van der Waals surface area contributed by atoms with E-state index in [1.807, 2.05) is 30.2 Å². The number of aromatic nitrogens is 1. The van der Waals surface area contributed by atoms with Gasteiger partial charge in [0.05, 0.1) is 17.1 Å². The SMILES string of the molecule is CS[C@@H](C)C(=O)Nc1ccc(N2CCN(C(=O)C3CC3)CC2)cn1. The molecule has 6 nitrogen and oxygen atoms in total. The summed E-state index contributed by atoms with van der Waals surface area (Å²) in [4.78, 5) is 32.5. The standard InChI is InChI=1S/C17H24N4O2S/c1-12(24-2)16(22)19-15-6-5-14(11-18-15)20-7-9-21(10-8-20)17(23)13-3-4-13/h5-6,11-13H,3-4,7-10H2,1-2H3,(H,18,19,22)/t12-/m0/s1. The second-order valence-electron chi connectivity index (χ2n) is 6.36. The highest BCUT2D eigenvalue weighted by Gasteiger charge is 2.34. The number of thioether (sulfide) groups is 1. The molecule has 130 valence electrons. The van der Waals surface area contributed by atoms with Crippen LogP contribution in [0.25, 0.3) is 0 Å². The van der Waals surface area contributed by atoms with Crippen LogP contribution >= 0.6 is 11.8 Å². The van der Waals surface area contributed by atoms with Crippen LogP contribution in [0.2, 0.25) is 0 Å². The lowest BCUT2D eigenvalue weighted by atomic mass is 10.2. The van der Waals surface area contributed by atoms with Crippen molar-refractivity contribution in [3.8, 4) is 0 Å². The molecule has 1 aliphatic heterocycles. The van der Waals surface area contributed by atoms with Gasteiger partial charge in [0.15, 0.2) is 0 Å². The van der Waals surface area contributed by atoms with Crippen molar-refractivity contribution in [2.24, 2.45) is 5.92 Å².